The van der Waals surface area contributed by atoms with E-state index in [1.54, 1.807) is 0 Å². The van der Waals surface area contributed by atoms with Gasteiger partial charge in [-0.05, 0) is 55.6 Å². The highest BCUT2D eigenvalue weighted by Gasteiger charge is 2.43. The Hall–Kier alpha value is -2.16. The first kappa shape index (κ1) is 22.0. The third-order valence-corrected chi connectivity index (χ3v) is 7.53. The van der Waals surface area contributed by atoms with Crippen molar-refractivity contribution in [2.45, 2.75) is 50.3 Å². The maximum atomic E-state index is 14.0. The standard InChI is InChI=1S/C22H30FN3O4S/c1-14(2)21-24-22(30-25-21)26-9-6-15(7-10-26)18-12-16(18)8-11-29-17-4-5-20(19(23)13-17)31(3,27)28/h4-5,13-16,18H,6-12H2,1-3H3/t16-,18+/m0/s1. The van der Waals surface area contributed by atoms with Crippen molar-refractivity contribution in [3.05, 3.63) is 29.8 Å². The van der Waals surface area contributed by atoms with E-state index in [1.165, 1.54) is 18.6 Å². The van der Waals surface area contributed by atoms with Crippen LogP contribution in [0, 0.1) is 23.6 Å². The normalized spacial score (nSPS) is 22.2. The van der Waals surface area contributed by atoms with Gasteiger partial charge in [0.1, 0.15) is 16.5 Å². The molecule has 31 heavy (non-hydrogen) atoms. The highest BCUT2D eigenvalue weighted by atomic mass is 32.2. The predicted octanol–water partition coefficient (Wildman–Crippen LogP) is 4.06. The van der Waals surface area contributed by atoms with E-state index in [2.05, 4.69) is 28.9 Å². The number of halogens is 1. The molecule has 1 saturated heterocycles. The van der Waals surface area contributed by atoms with Gasteiger partial charge in [0.2, 0.25) is 0 Å². The van der Waals surface area contributed by atoms with Gasteiger partial charge in [-0.25, -0.2) is 12.8 Å². The second kappa shape index (κ2) is 8.76. The fraction of sp³-hybridized carbons (Fsp3) is 0.636. The van der Waals surface area contributed by atoms with Crippen molar-refractivity contribution in [1.29, 1.82) is 0 Å². The van der Waals surface area contributed by atoms with Crippen LogP contribution in [0.5, 0.6) is 5.75 Å². The lowest BCUT2D eigenvalue weighted by molar-refractivity contribution is 0.281. The van der Waals surface area contributed by atoms with Crippen LogP contribution in [0.4, 0.5) is 10.4 Å². The van der Waals surface area contributed by atoms with Crippen LogP contribution in [0.3, 0.4) is 0 Å². The summed E-state index contributed by atoms with van der Waals surface area (Å²) >= 11 is 0. The van der Waals surface area contributed by atoms with Gasteiger partial charge in [-0.3, -0.25) is 0 Å². The van der Waals surface area contributed by atoms with Crippen LogP contribution in [0.2, 0.25) is 0 Å². The summed E-state index contributed by atoms with van der Waals surface area (Å²) in [5, 5.41) is 4.06. The van der Waals surface area contributed by atoms with Crippen molar-refractivity contribution >= 4 is 15.9 Å². The molecule has 9 heteroatoms. The number of hydrogen-bond donors (Lipinski definition) is 0. The van der Waals surface area contributed by atoms with E-state index in [1.807, 2.05) is 0 Å². The zero-order chi connectivity index (χ0) is 22.2. The predicted molar refractivity (Wildman–Crippen MR) is 115 cm³/mol. The quantitative estimate of drug-likeness (QED) is 0.598. The Bertz CT molecular complexity index is 1020. The number of sulfone groups is 1. The number of nitrogens with zero attached hydrogens (tertiary/aromatic N) is 3. The van der Waals surface area contributed by atoms with E-state index in [0.717, 1.165) is 56.4 Å². The SMILES string of the molecule is CC(C)c1noc(N2CCC([C@H]3C[C@@H]3CCOc3ccc(S(C)(=O)=O)c(F)c3)CC2)n1. The Morgan fingerprint density at radius 1 is 1.29 bits per heavy atom. The summed E-state index contributed by atoms with van der Waals surface area (Å²) < 4.78 is 48.0. The Balaban J connectivity index is 1.20. The fourth-order valence-corrected chi connectivity index (χ4v) is 5.22. The first-order chi connectivity index (χ1) is 14.7. The molecule has 2 fully saturated rings. The molecule has 1 aromatic heterocycles. The Labute approximate surface area is 182 Å². The largest absolute Gasteiger partial charge is 0.493 e. The van der Waals surface area contributed by atoms with E-state index in [-0.39, 0.29) is 10.8 Å². The van der Waals surface area contributed by atoms with Gasteiger partial charge < -0.3 is 14.2 Å². The first-order valence-corrected chi connectivity index (χ1v) is 12.8. The molecule has 0 N–H and O–H groups in total. The second-order valence-electron chi connectivity index (χ2n) is 9.08. The molecular weight excluding hydrogens is 421 g/mol. The second-order valence-corrected chi connectivity index (χ2v) is 11.1. The van der Waals surface area contributed by atoms with Crippen LogP contribution < -0.4 is 9.64 Å². The Morgan fingerprint density at radius 2 is 2.03 bits per heavy atom. The molecule has 0 radical (unpaired) electrons. The highest BCUT2D eigenvalue weighted by molar-refractivity contribution is 7.90. The van der Waals surface area contributed by atoms with Gasteiger partial charge in [0.25, 0.3) is 0 Å². The molecule has 1 aliphatic carbocycles. The molecule has 0 bridgehead atoms. The number of benzene rings is 1. The molecule has 170 valence electrons. The van der Waals surface area contributed by atoms with E-state index in [0.29, 0.717) is 30.2 Å². The van der Waals surface area contributed by atoms with Crippen LogP contribution in [0.1, 0.15) is 51.3 Å². The van der Waals surface area contributed by atoms with Gasteiger partial charge in [0.15, 0.2) is 15.7 Å². The molecule has 2 aromatic rings. The molecule has 2 aliphatic rings. The van der Waals surface area contributed by atoms with Gasteiger partial charge in [0, 0.05) is 31.3 Å². The van der Waals surface area contributed by atoms with Crippen LogP contribution in [-0.4, -0.2) is 44.5 Å². The van der Waals surface area contributed by atoms with Crippen LogP contribution in [-0.2, 0) is 9.84 Å². The van der Waals surface area contributed by atoms with Crippen molar-refractivity contribution in [2.75, 3.05) is 30.9 Å². The fourth-order valence-electron chi connectivity index (χ4n) is 4.49. The minimum absolute atomic E-state index is 0.263. The summed E-state index contributed by atoms with van der Waals surface area (Å²) in [4.78, 5) is 6.39. The molecule has 1 saturated carbocycles. The monoisotopic (exact) mass is 451 g/mol. The Morgan fingerprint density at radius 3 is 2.65 bits per heavy atom. The summed E-state index contributed by atoms with van der Waals surface area (Å²) in [5.41, 5.74) is 0. The molecule has 0 unspecified atom stereocenters. The minimum atomic E-state index is -3.57. The zero-order valence-corrected chi connectivity index (χ0v) is 19.1. The van der Waals surface area contributed by atoms with Crippen molar-refractivity contribution in [3.63, 3.8) is 0 Å². The zero-order valence-electron chi connectivity index (χ0n) is 18.3. The molecule has 4 rings (SSSR count). The van der Waals surface area contributed by atoms with E-state index in [4.69, 9.17) is 9.26 Å². The molecule has 2 atom stereocenters. The minimum Gasteiger partial charge on any atom is -0.493 e. The third kappa shape index (κ3) is 5.19. The summed E-state index contributed by atoms with van der Waals surface area (Å²) in [6.45, 7) is 6.50. The number of anilines is 1. The van der Waals surface area contributed by atoms with Crippen LogP contribution in [0.15, 0.2) is 27.6 Å². The average molecular weight is 452 g/mol. The maximum absolute atomic E-state index is 14.0. The number of hydrogen-bond acceptors (Lipinski definition) is 7. The summed E-state index contributed by atoms with van der Waals surface area (Å²) in [6.07, 6.45) is 5.39. The average Bonchev–Trinajstić information content (AvgIpc) is 3.30. The molecule has 0 amide bonds. The maximum Gasteiger partial charge on any atom is 0.324 e. The number of rotatable bonds is 8. The number of piperidine rings is 1. The van der Waals surface area contributed by atoms with Gasteiger partial charge in [-0.15, -0.1) is 0 Å². The van der Waals surface area contributed by atoms with Gasteiger partial charge in [-0.1, -0.05) is 19.0 Å². The van der Waals surface area contributed by atoms with Gasteiger partial charge >= 0.3 is 6.01 Å². The molecule has 0 spiro atoms. The lowest BCUT2D eigenvalue weighted by atomic mass is 9.90. The van der Waals surface area contributed by atoms with Gasteiger partial charge in [-0.2, -0.15) is 4.98 Å². The summed E-state index contributed by atoms with van der Waals surface area (Å²) in [7, 11) is -3.57. The molecular formula is C22H30FN3O4S. The third-order valence-electron chi connectivity index (χ3n) is 6.40. The van der Waals surface area contributed by atoms with Crippen molar-refractivity contribution < 1.29 is 22.1 Å². The topological polar surface area (TPSA) is 85.5 Å². The van der Waals surface area contributed by atoms with E-state index in [9.17, 15) is 12.8 Å². The van der Waals surface area contributed by atoms with E-state index >= 15 is 0 Å². The molecule has 1 aromatic carbocycles. The lowest BCUT2D eigenvalue weighted by Gasteiger charge is -2.30. The molecule has 1 aliphatic heterocycles. The first-order valence-electron chi connectivity index (χ1n) is 10.9. The van der Waals surface area contributed by atoms with Crippen molar-refractivity contribution in [3.8, 4) is 5.75 Å². The van der Waals surface area contributed by atoms with Crippen molar-refractivity contribution in [1.82, 2.24) is 10.1 Å². The van der Waals surface area contributed by atoms with Gasteiger partial charge in [0.05, 0.1) is 6.61 Å². The molecule has 2 heterocycles. The molecule has 7 nitrogen and oxygen atoms in total. The number of ether oxygens (including phenoxy) is 1. The van der Waals surface area contributed by atoms with Crippen molar-refractivity contribution in [2.24, 2.45) is 17.8 Å². The van der Waals surface area contributed by atoms with Crippen LogP contribution in [0.25, 0.3) is 0 Å². The summed E-state index contributed by atoms with van der Waals surface area (Å²) in [5.74, 6) is 2.70. The number of aromatic nitrogens is 2. The van der Waals surface area contributed by atoms with E-state index < -0.39 is 15.7 Å². The Kier molecular flexibility index (Phi) is 6.23. The summed E-state index contributed by atoms with van der Waals surface area (Å²) in [6, 6.07) is 4.57. The lowest BCUT2D eigenvalue weighted by Crippen LogP contribution is -2.34. The van der Waals surface area contributed by atoms with Crippen LogP contribution >= 0.6 is 0 Å². The smallest absolute Gasteiger partial charge is 0.324 e. The highest BCUT2D eigenvalue weighted by Crippen LogP contribution is 2.50.